The summed E-state index contributed by atoms with van der Waals surface area (Å²) in [5.74, 6) is -0.0766. The number of carbonyl (C=O) groups is 1. The minimum Gasteiger partial charge on any atom is -0.297 e. The van der Waals surface area contributed by atoms with Gasteiger partial charge in [0.25, 0.3) is 0 Å². The van der Waals surface area contributed by atoms with Crippen LogP contribution >= 0.6 is 11.6 Å². The lowest BCUT2D eigenvalue weighted by Crippen LogP contribution is -2.25. The van der Waals surface area contributed by atoms with Crippen molar-refractivity contribution >= 4 is 23.6 Å². The van der Waals surface area contributed by atoms with Gasteiger partial charge < -0.3 is 0 Å². The summed E-state index contributed by atoms with van der Waals surface area (Å²) in [6, 6.07) is 6.85. The van der Waals surface area contributed by atoms with E-state index in [1.54, 1.807) is 24.3 Å². The average molecular weight is 251 g/mol. The molecule has 1 aliphatic heterocycles. The molecule has 0 amide bonds. The summed E-state index contributed by atoms with van der Waals surface area (Å²) in [5, 5.41) is 6.80. The fourth-order valence-corrected chi connectivity index (χ4v) is 1.94. The second kappa shape index (κ2) is 5.82. The molecular weight excluding hydrogens is 236 g/mol. The molecule has 0 saturated carbocycles. The first-order valence-electron chi connectivity index (χ1n) is 5.84. The zero-order chi connectivity index (χ0) is 12.1. The van der Waals surface area contributed by atoms with Gasteiger partial charge in [-0.25, -0.2) is 0 Å². The lowest BCUT2D eigenvalue weighted by atomic mass is 10.1. The van der Waals surface area contributed by atoms with Crippen molar-refractivity contribution in [2.24, 2.45) is 5.10 Å². The van der Waals surface area contributed by atoms with Crippen molar-refractivity contribution < 1.29 is 4.79 Å². The predicted octanol–water partition coefficient (Wildman–Crippen LogP) is 2.99. The first-order valence-corrected chi connectivity index (χ1v) is 6.22. The maximum atomic E-state index is 11.8. The van der Waals surface area contributed by atoms with Gasteiger partial charge in [0.15, 0.2) is 0 Å². The van der Waals surface area contributed by atoms with E-state index in [1.165, 1.54) is 12.6 Å². The number of halogens is 1. The maximum Gasteiger partial charge on any atom is 0.205 e. The highest BCUT2D eigenvalue weighted by Gasteiger charge is 2.07. The molecule has 1 aliphatic rings. The van der Waals surface area contributed by atoms with Gasteiger partial charge in [0, 0.05) is 23.7 Å². The Hall–Kier alpha value is -1.35. The van der Waals surface area contributed by atoms with Gasteiger partial charge in [0.05, 0.1) is 6.21 Å². The summed E-state index contributed by atoms with van der Waals surface area (Å²) in [7, 11) is 0. The van der Waals surface area contributed by atoms with Crippen LogP contribution in [0, 0.1) is 0 Å². The van der Waals surface area contributed by atoms with E-state index in [2.05, 4.69) is 5.10 Å². The fraction of sp³-hybridized carbons (Fsp3) is 0.385. The third-order valence-corrected chi connectivity index (χ3v) is 3.05. The SMILES string of the molecule is O=C(C=NN1CCCCC1)c1ccc(Cl)cc1. The van der Waals surface area contributed by atoms with E-state index in [0.29, 0.717) is 10.6 Å². The molecule has 0 bridgehead atoms. The normalized spacial score (nSPS) is 16.4. The predicted molar refractivity (Wildman–Crippen MR) is 69.7 cm³/mol. The summed E-state index contributed by atoms with van der Waals surface area (Å²) in [6.45, 7) is 1.90. The van der Waals surface area contributed by atoms with Crippen molar-refractivity contribution in [3.63, 3.8) is 0 Å². The Bertz CT molecular complexity index is 408. The molecule has 90 valence electrons. The van der Waals surface area contributed by atoms with E-state index in [1.807, 2.05) is 5.01 Å². The lowest BCUT2D eigenvalue weighted by Gasteiger charge is -2.22. The van der Waals surface area contributed by atoms with Gasteiger partial charge in [-0.2, -0.15) is 5.10 Å². The Morgan fingerprint density at radius 1 is 1.18 bits per heavy atom. The largest absolute Gasteiger partial charge is 0.297 e. The molecule has 3 nitrogen and oxygen atoms in total. The number of nitrogens with zero attached hydrogens (tertiary/aromatic N) is 2. The zero-order valence-corrected chi connectivity index (χ0v) is 10.4. The number of Topliss-reactive ketones (excluding diaryl/α,β-unsaturated/α-hetero) is 1. The van der Waals surface area contributed by atoms with E-state index in [9.17, 15) is 4.79 Å². The second-order valence-corrected chi connectivity index (χ2v) is 4.57. The van der Waals surface area contributed by atoms with E-state index < -0.39 is 0 Å². The molecule has 0 unspecified atom stereocenters. The third kappa shape index (κ3) is 3.56. The van der Waals surface area contributed by atoms with E-state index in [-0.39, 0.29) is 5.78 Å². The van der Waals surface area contributed by atoms with Gasteiger partial charge in [0.2, 0.25) is 5.78 Å². The average Bonchev–Trinajstić information content (AvgIpc) is 2.38. The van der Waals surface area contributed by atoms with Crippen LogP contribution in [0.2, 0.25) is 5.02 Å². The van der Waals surface area contributed by atoms with Gasteiger partial charge in [-0.3, -0.25) is 9.80 Å². The molecule has 1 aromatic rings. The molecule has 0 aromatic heterocycles. The molecule has 2 rings (SSSR count). The highest BCUT2D eigenvalue weighted by molar-refractivity contribution is 6.35. The molecule has 17 heavy (non-hydrogen) atoms. The Morgan fingerprint density at radius 2 is 1.82 bits per heavy atom. The number of rotatable bonds is 3. The van der Waals surface area contributed by atoms with Crippen LogP contribution in [0.3, 0.4) is 0 Å². The molecule has 1 aromatic carbocycles. The zero-order valence-electron chi connectivity index (χ0n) is 9.60. The molecule has 0 aliphatic carbocycles. The van der Waals surface area contributed by atoms with Crippen LogP contribution in [0.15, 0.2) is 29.4 Å². The van der Waals surface area contributed by atoms with Crippen molar-refractivity contribution in [3.05, 3.63) is 34.9 Å². The minimum atomic E-state index is -0.0766. The summed E-state index contributed by atoms with van der Waals surface area (Å²) in [5.41, 5.74) is 0.621. The van der Waals surface area contributed by atoms with E-state index >= 15 is 0 Å². The van der Waals surface area contributed by atoms with Crippen LogP contribution in [-0.4, -0.2) is 30.1 Å². The molecule has 0 radical (unpaired) electrons. The Balaban J connectivity index is 1.96. The quantitative estimate of drug-likeness (QED) is 0.610. The van der Waals surface area contributed by atoms with Gasteiger partial charge >= 0.3 is 0 Å². The summed E-state index contributed by atoms with van der Waals surface area (Å²) in [6.07, 6.45) is 4.98. The summed E-state index contributed by atoms with van der Waals surface area (Å²) >= 11 is 5.76. The van der Waals surface area contributed by atoms with Gasteiger partial charge in [0.1, 0.15) is 0 Å². The van der Waals surface area contributed by atoms with Gasteiger partial charge in [-0.15, -0.1) is 0 Å². The molecule has 1 heterocycles. The number of hydrogen-bond donors (Lipinski definition) is 0. The van der Waals surface area contributed by atoms with E-state index in [4.69, 9.17) is 11.6 Å². The van der Waals surface area contributed by atoms with Crippen LogP contribution in [0.5, 0.6) is 0 Å². The molecular formula is C13H15ClN2O. The first-order chi connectivity index (χ1) is 8.25. The summed E-state index contributed by atoms with van der Waals surface area (Å²) in [4.78, 5) is 11.8. The highest BCUT2D eigenvalue weighted by Crippen LogP contribution is 2.10. The maximum absolute atomic E-state index is 11.8. The summed E-state index contributed by atoms with van der Waals surface area (Å²) < 4.78 is 0. The van der Waals surface area contributed by atoms with Crippen molar-refractivity contribution in [2.75, 3.05) is 13.1 Å². The van der Waals surface area contributed by atoms with Crippen molar-refractivity contribution in [1.82, 2.24) is 5.01 Å². The van der Waals surface area contributed by atoms with Gasteiger partial charge in [-0.1, -0.05) is 11.6 Å². The Kier molecular flexibility index (Phi) is 4.15. The van der Waals surface area contributed by atoms with Crippen LogP contribution in [0.1, 0.15) is 29.6 Å². The third-order valence-electron chi connectivity index (χ3n) is 2.80. The fourth-order valence-electron chi connectivity index (χ4n) is 1.82. The highest BCUT2D eigenvalue weighted by atomic mass is 35.5. The van der Waals surface area contributed by atoms with E-state index in [0.717, 1.165) is 25.9 Å². The minimum absolute atomic E-state index is 0.0766. The van der Waals surface area contributed by atoms with Gasteiger partial charge in [-0.05, 0) is 43.5 Å². The Labute approximate surface area is 106 Å². The number of hydrogen-bond acceptors (Lipinski definition) is 3. The topological polar surface area (TPSA) is 32.7 Å². The van der Waals surface area contributed by atoms with Crippen molar-refractivity contribution in [1.29, 1.82) is 0 Å². The first kappa shape index (κ1) is 12.1. The molecule has 1 fully saturated rings. The van der Waals surface area contributed by atoms with Crippen LogP contribution in [-0.2, 0) is 0 Å². The van der Waals surface area contributed by atoms with Crippen LogP contribution in [0.4, 0.5) is 0 Å². The lowest BCUT2D eigenvalue weighted by molar-refractivity contribution is 0.106. The monoisotopic (exact) mass is 250 g/mol. The van der Waals surface area contributed by atoms with Crippen molar-refractivity contribution in [2.45, 2.75) is 19.3 Å². The molecule has 1 saturated heterocycles. The molecule has 0 atom stereocenters. The molecule has 0 spiro atoms. The second-order valence-electron chi connectivity index (χ2n) is 4.13. The Morgan fingerprint density at radius 3 is 2.47 bits per heavy atom. The molecule has 0 N–H and O–H groups in total. The number of piperidine rings is 1. The van der Waals surface area contributed by atoms with Crippen LogP contribution < -0.4 is 0 Å². The van der Waals surface area contributed by atoms with Crippen LogP contribution in [0.25, 0.3) is 0 Å². The number of benzene rings is 1. The van der Waals surface area contributed by atoms with Crippen molar-refractivity contribution in [3.8, 4) is 0 Å². The standard InChI is InChI=1S/C13H15ClN2O/c14-12-6-4-11(5-7-12)13(17)10-15-16-8-2-1-3-9-16/h4-7,10H,1-3,8-9H2. The molecule has 4 heteroatoms. The smallest absolute Gasteiger partial charge is 0.205 e. The number of ketones is 1. The number of hydrazone groups is 1. The number of carbonyl (C=O) groups excluding carboxylic acids is 1.